The van der Waals surface area contributed by atoms with Crippen molar-refractivity contribution >= 4 is 5.97 Å². The number of hydrogen-bond acceptors (Lipinski definition) is 3. The van der Waals surface area contributed by atoms with E-state index in [9.17, 15) is 49.4 Å². The summed E-state index contributed by atoms with van der Waals surface area (Å²) in [6.45, 7) is 0.286. The Labute approximate surface area is 142 Å². The molecule has 0 aliphatic heterocycles. The average Bonchev–Trinajstić information content (AvgIpc) is 2.45. The summed E-state index contributed by atoms with van der Waals surface area (Å²) in [5, 5.41) is 9.67. The van der Waals surface area contributed by atoms with Crippen LogP contribution in [0.25, 0.3) is 0 Å². The third-order valence-corrected chi connectivity index (χ3v) is 4.04. The Morgan fingerprint density at radius 3 is 1.81 bits per heavy atom. The molecule has 1 aliphatic carbocycles. The predicted octanol–water partition coefficient (Wildman–Crippen LogP) is 4.47. The van der Waals surface area contributed by atoms with Crippen molar-refractivity contribution in [2.45, 2.75) is 81.1 Å². The molecule has 0 saturated heterocycles. The van der Waals surface area contributed by atoms with Crippen LogP contribution in [0.4, 0.5) is 39.5 Å². The van der Waals surface area contributed by atoms with Crippen LogP contribution in [0.3, 0.4) is 0 Å². The van der Waals surface area contributed by atoms with Gasteiger partial charge in [0.25, 0.3) is 0 Å². The smallest absolute Gasteiger partial charge is 0.460 e. The molecule has 0 aromatic carbocycles. The van der Waals surface area contributed by atoms with Crippen LogP contribution >= 0.6 is 0 Å². The van der Waals surface area contributed by atoms with Gasteiger partial charge in [-0.25, -0.2) is 4.79 Å². The van der Waals surface area contributed by atoms with E-state index in [1.807, 2.05) is 0 Å². The Bertz CT molecular complexity index is 508. The molecular weight excluding hydrogens is 387 g/mol. The third-order valence-electron chi connectivity index (χ3n) is 4.04. The topological polar surface area (TPSA) is 46.5 Å². The molecule has 1 rings (SSSR count). The number of hydrogen-bond donors (Lipinski definition) is 1. The molecule has 12 heteroatoms. The van der Waals surface area contributed by atoms with Crippen molar-refractivity contribution in [3.05, 3.63) is 0 Å². The lowest BCUT2D eigenvalue weighted by molar-refractivity contribution is -0.399. The molecule has 0 radical (unpaired) electrons. The van der Waals surface area contributed by atoms with Crippen LogP contribution < -0.4 is 0 Å². The van der Waals surface area contributed by atoms with Crippen LogP contribution in [0.15, 0.2) is 0 Å². The van der Waals surface area contributed by atoms with Gasteiger partial charge in [-0.2, -0.15) is 39.5 Å². The van der Waals surface area contributed by atoms with Crippen LogP contribution in [-0.2, 0) is 9.53 Å². The van der Waals surface area contributed by atoms with E-state index >= 15 is 0 Å². The molecule has 0 amide bonds. The Kier molecular flexibility index (Phi) is 6.22. The number of alkyl halides is 9. The van der Waals surface area contributed by atoms with Crippen molar-refractivity contribution in [1.82, 2.24) is 0 Å². The molecule has 0 heterocycles. The van der Waals surface area contributed by atoms with E-state index < -0.39 is 48.0 Å². The lowest BCUT2D eigenvalue weighted by Crippen LogP contribution is -2.63. The Morgan fingerprint density at radius 1 is 0.923 bits per heavy atom. The molecular formula is C14H17F9O3. The second-order valence-electron chi connectivity index (χ2n) is 6.47. The van der Waals surface area contributed by atoms with Gasteiger partial charge in [-0.1, -0.05) is 6.42 Å². The minimum atomic E-state index is -7.08. The molecule has 1 unspecified atom stereocenters. The summed E-state index contributed by atoms with van der Waals surface area (Å²) < 4.78 is 120. The van der Waals surface area contributed by atoms with Crippen LogP contribution in [-0.4, -0.2) is 46.7 Å². The molecule has 1 saturated carbocycles. The van der Waals surface area contributed by atoms with Gasteiger partial charge in [0.15, 0.2) is 5.60 Å². The first-order chi connectivity index (χ1) is 11.5. The van der Waals surface area contributed by atoms with Crippen molar-refractivity contribution in [2.24, 2.45) is 0 Å². The number of carbonyl (C=O) groups is 1. The Hall–Kier alpha value is -1.20. The largest absolute Gasteiger partial charge is 0.460 e. The third kappa shape index (κ3) is 4.37. The average molecular weight is 404 g/mol. The van der Waals surface area contributed by atoms with Crippen LogP contribution in [0.1, 0.15) is 45.4 Å². The predicted molar refractivity (Wildman–Crippen MR) is 69.1 cm³/mol. The molecule has 1 aliphatic rings. The molecule has 0 aromatic rings. The zero-order valence-electron chi connectivity index (χ0n) is 13.5. The minimum Gasteiger partial charge on any atom is -0.460 e. The van der Waals surface area contributed by atoms with E-state index in [-0.39, 0.29) is 6.92 Å². The molecule has 1 N–H and O–H groups in total. The minimum absolute atomic E-state index is 0.286. The molecule has 0 aromatic heterocycles. The zero-order valence-corrected chi connectivity index (χ0v) is 13.5. The zero-order chi connectivity index (χ0) is 20.6. The van der Waals surface area contributed by atoms with Gasteiger partial charge in [0.1, 0.15) is 6.10 Å². The Balaban J connectivity index is 2.96. The van der Waals surface area contributed by atoms with Gasteiger partial charge in [-0.15, -0.1) is 0 Å². The fourth-order valence-corrected chi connectivity index (χ4v) is 2.48. The van der Waals surface area contributed by atoms with E-state index in [0.29, 0.717) is 25.7 Å². The summed E-state index contributed by atoms with van der Waals surface area (Å²) >= 11 is 0. The second-order valence-corrected chi connectivity index (χ2v) is 6.47. The van der Waals surface area contributed by atoms with E-state index in [4.69, 9.17) is 4.74 Å². The summed E-state index contributed by atoms with van der Waals surface area (Å²) in [5.41, 5.74) is -3.40. The monoisotopic (exact) mass is 404 g/mol. The molecule has 0 bridgehead atoms. The second kappa shape index (κ2) is 7.08. The number of aliphatic hydroxyl groups is 1. The van der Waals surface area contributed by atoms with Crippen molar-refractivity contribution < 1.29 is 54.2 Å². The number of rotatable bonds is 6. The molecule has 1 fully saturated rings. The van der Waals surface area contributed by atoms with E-state index in [1.165, 1.54) is 0 Å². The van der Waals surface area contributed by atoms with Crippen molar-refractivity contribution in [1.29, 1.82) is 0 Å². The van der Waals surface area contributed by atoms with Gasteiger partial charge < -0.3 is 9.84 Å². The summed E-state index contributed by atoms with van der Waals surface area (Å²) in [6, 6.07) is 0. The fraction of sp³-hybridized carbons (Fsp3) is 0.929. The maximum Gasteiger partial charge on any atom is 0.460 e. The first-order valence-electron chi connectivity index (χ1n) is 7.59. The maximum atomic E-state index is 13.6. The molecule has 26 heavy (non-hydrogen) atoms. The van der Waals surface area contributed by atoms with Gasteiger partial charge in [-0.05, 0) is 32.6 Å². The van der Waals surface area contributed by atoms with Crippen LogP contribution in [0.2, 0.25) is 0 Å². The molecule has 1 atom stereocenters. The van der Waals surface area contributed by atoms with Crippen LogP contribution in [0.5, 0.6) is 0 Å². The van der Waals surface area contributed by atoms with Gasteiger partial charge in [0, 0.05) is 0 Å². The summed E-state index contributed by atoms with van der Waals surface area (Å²) in [5.74, 6) is -21.8. The highest BCUT2D eigenvalue weighted by molar-refractivity contribution is 5.79. The summed E-state index contributed by atoms with van der Waals surface area (Å²) in [4.78, 5) is 11.7. The lowest BCUT2D eigenvalue weighted by Gasteiger charge is -2.36. The van der Waals surface area contributed by atoms with E-state index in [1.54, 1.807) is 0 Å². The summed E-state index contributed by atoms with van der Waals surface area (Å²) in [7, 11) is 0. The summed E-state index contributed by atoms with van der Waals surface area (Å²) in [6.07, 6.45) is -7.74. The number of halogens is 9. The van der Waals surface area contributed by atoms with Crippen LogP contribution in [0, 0.1) is 0 Å². The molecule has 3 nitrogen and oxygen atoms in total. The van der Waals surface area contributed by atoms with E-state index in [2.05, 4.69) is 0 Å². The Morgan fingerprint density at radius 2 is 1.38 bits per heavy atom. The molecule has 0 spiro atoms. The molecule has 154 valence electrons. The van der Waals surface area contributed by atoms with Gasteiger partial charge in [0.05, 0.1) is 6.42 Å². The maximum absolute atomic E-state index is 13.6. The normalized spacial score (nSPS) is 20.6. The van der Waals surface area contributed by atoms with Gasteiger partial charge in [-0.3, -0.25) is 0 Å². The SMILES string of the molecule is CC(O)(CC(F)(F)C(F)(F)C(F)(F)C(F)(F)F)C(=O)OC1CCCCC1. The first kappa shape index (κ1) is 22.8. The number of ether oxygens (including phenoxy) is 1. The highest BCUT2D eigenvalue weighted by Gasteiger charge is 2.82. The van der Waals surface area contributed by atoms with E-state index in [0.717, 1.165) is 6.42 Å². The van der Waals surface area contributed by atoms with Gasteiger partial charge >= 0.3 is 29.9 Å². The van der Waals surface area contributed by atoms with Crippen molar-refractivity contribution in [3.8, 4) is 0 Å². The quantitative estimate of drug-likeness (QED) is 0.525. The highest BCUT2D eigenvalue weighted by Crippen LogP contribution is 2.55. The number of carbonyl (C=O) groups excluding carboxylic acids is 1. The first-order valence-corrected chi connectivity index (χ1v) is 7.59. The standard InChI is InChI=1S/C14H17F9O3/c1-10(25,9(24)26-8-5-3-2-4-6-8)7-11(15,16)12(17,18)13(19,20)14(21,22)23/h8,25H,2-7H2,1H3. The van der Waals surface area contributed by atoms with Gasteiger partial charge in [0.2, 0.25) is 0 Å². The number of esters is 1. The van der Waals surface area contributed by atoms with Crippen molar-refractivity contribution in [3.63, 3.8) is 0 Å². The highest BCUT2D eigenvalue weighted by atomic mass is 19.4. The van der Waals surface area contributed by atoms with Crippen molar-refractivity contribution in [2.75, 3.05) is 0 Å². The lowest BCUT2D eigenvalue weighted by atomic mass is 9.91. The fourth-order valence-electron chi connectivity index (χ4n) is 2.48.